The molecule has 0 spiro atoms. The minimum atomic E-state index is -0.800. The zero-order chi connectivity index (χ0) is 14.0. The first kappa shape index (κ1) is 13.0. The van der Waals surface area contributed by atoms with E-state index in [0.29, 0.717) is 11.1 Å². The van der Waals surface area contributed by atoms with Crippen LogP contribution in [-0.2, 0) is 4.74 Å². The van der Waals surface area contributed by atoms with Crippen LogP contribution in [0.2, 0.25) is 0 Å². The number of hydrogen-bond donors (Lipinski definition) is 1. The molecule has 0 aliphatic heterocycles. The number of halogens is 2. The molecule has 0 unspecified atom stereocenters. The van der Waals surface area contributed by atoms with Crippen LogP contribution in [0.3, 0.4) is 0 Å². The van der Waals surface area contributed by atoms with Gasteiger partial charge in [0, 0.05) is 0 Å². The summed E-state index contributed by atoms with van der Waals surface area (Å²) in [6, 6.07) is 7.53. The Balaban J connectivity index is 2.51. The second kappa shape index (κ2) is 5.06. The number of phenols is 1. The molecule has 0 aliphatic carbocycles. The van der Waals surface area contributed by atoms with Gasteiger partial charge in [0.15, 0.2) is 11.6 Å². The molecule has 0 aromatic heterocycles. The molecule has 0 fully saturated rings. The molecule has 0 saturated carbocycles. The predicted molar refractivity (Wildman–Crippen MR) is 64.8 cm³/mol. The predicted octanol–water partition coefficient (Wildman–Crippen LogP) is 3.12. The van der Waals surface area contributed by atoms with E-state index in [9.17, 15) is 18.7 Å². The molecule has 0 aliphatic rings. The molecule has 1 N–H and O–H groups in total. The van der Waals surface area contributed by atoms with E-state index >= 15 is 0 Å². The summed E-state index contributed by atoms with van der Waals surface area (Å²) in [6.45, 7) is 0. The van der Waals surface area contributed by atoms with E-state index in [4.69, 9.17) is 0 Å². The number of aromatic hydroxyl groups is 1. The number of phenolic OH excluding ortho intramolecular Hbond substituents is 1. The Kier molecular flexibility index (Phi) is 3.46. The van der Waals surface area contributed by atoms with Crippen molar-refractivity contribution in [2.24, 2.45) is 0 Å². The van der Waals surface area contributed by atoms with Gasteiger partial charge in [-0.2, -0.15) is 0 Å². The van der Waals surface area contributed by atoms with Crippen molar-refractivity contribution in [1.82, 2.24) is 0 Å². The molecule has 3 nitrogen and oxygen atoms in total. The Hall–Kier alpha value is -2.43. The summed E-state index contributed by atoms with van der Waals surface area (Å²) in [5, 5.41) is 9.30. The first-order valence-corrected chi connectivity index (χ1v) is 5.39. The van der Waals surface area contributed by atoms with Crippen LogP contribution < -0.4 is 0 Å². The van der Waals surface area contributed by atoms with Gasteiger partial charge in [-0.05, 0) is 35.4 Å². The highest BCUT2D eigenvalue weighted by atomic mass is 19.1. The zero-order valence-corrected chi connectivity index (χ0v) is 9.98. The molecule has 19 heavy (non-hydrogen) atoms. The lowest BCUT2D eigenvalue weighted by Gasteiger charge is -2.06. The van der Waals surface area contributed by atoms with Crippen LogP contribution in [0.1, 0.15) is 10.4 Å². The number of benzene rings is 2. The number of rotatable bonds is 2. The molecule has 2 aromatic carbocycles. The van der Waals surface area contributed by atoms with Crippen molar-refractivity contribution in [3.8, 4) is 16.9 Å². The van der Waals surface area contributed by atoms with Crippen LogP contribution in [-0.4, -0.2) is 18.2 Å². The average Bonchev–Trinajstić information content (AvgIpc) is 2.41. The van der Waals surface area contributed by atoms with Crippen LogP contribution in [0.5, 0.6) is 5.75 Å². The van der Waals surface area contributed by atoms with Gasteiger partial charge in [-0.3, -0.25) is 0 Å². The Bertz CT molecular complexity index is 639. The van der Waals surface area contributed by atoms with Crippen molar-refractivity contribution >= 4 is 5.97 Å². The summed E-state index contributed by atoms with van der Waals surface area (Å²) in [5.41, 5.74) is 0.713. The number of ether oxygens (including phenoxy) is 1. The topological polar surface area (TPSA) is 46.5 Å². The summed E-state index contributed by atoms with van der Waals surface area (Å²) in [4.78, 5) is 11.4. The summed E-state index contributed by atoms with van der Waals surface area (Å²) in [5.74, 6) is -2.77. The number of carbonyl (C=O) groups is 1. The normalized spacial score (nSPS) is 10.3. The minimum Gasteiger partial charge on any atom is -0.505 e. The molecule has 5 heteroatoms. The number of hydrogen-bond acceptors (Lipinski definition) is 3. The third-order valence-electron chi connectivity index (χ3n) is 2.65. The molecule has 2 aromatic rings. The summed E-state index contributed by atoms with van der Waals surface area (Å²) in [6.07, 6.45) is 0. The van der Waals surface area contributed by atoms with E-state index in [1.54, 1.807) is 0 Å². The molecule has 0 atom stereocenters. The van der Waals surface area contributed by atoms with Crippen LogP contribution >= 0.6 is 0 Å². The SMILES string of the molecule is COC(=O)c1cc(-c2ccc(F)c(O)c2)ccc1F. The van der Waals surface area contributed by atoms with Crippen LogP contribution in [0.15, 0.2) is 36.4 Å². The number of methoxy groups -OCH3 is 1. The van der Waals surface area contributed by atoms with Gasteiger partial charge < -0.3 is 9.84 Å². The molecule has 0 saturated heterocycles. The summed E-state index contributed by atoms with van der Waals surface area (Å²) >= 11 is 0. The van der Waals surface area contributed by atoms with Crippen molar-refractivity contribution in [3.63, 3.8) is 0 Å². The highest BCUT2D eigenvalue weighted by Crippen LogP contribution is 2.27. The van der Waals surface area contributed by atoms with Gasteiger partial charge in [-0.1, -0.05) is 12.1 Å². The van der Waals surface area contributed by atoms with Crippen molar-refractivity contribution in [3.05, 3.63) is 53.6 Å². The maximum atomic E-state index is 13.5. The molecule has 0 heterocycles. The zero-order valence-electron chi connectivity index (χ0n) is 9.98. The lowest BCUT2D eigenvalue weighted by molar-refractivity contribution is 0.0595. The Morgan fingerprint density at radius 2 is 1.63 bits per heavy atom. The van der Waals surface area contributed by atoms with Crippen molar-refractivity contribution in [1.29, 1.82) is 0 Å². The van der Waals surface area contributed by atoms with Crippen molar-refractivity contribution in [2.75, 3.05) is 7.11 Å². The maximum Gasteiger partial charge on any atom is 0.340 e. The van der Waals surface area contributed by atoms with E-state index < -0.39 is 23.4 Å². The largest absolute Gasteiger partial charge is 0.505 e. The lowest BCUT2D eigenvalue weighted by Crippen LogP contribution is -2.04. The fraction of sp³-hybridized carbons (Fsp3) is 0.0714. The standard InChI is InChI=1S/C14H10F2O3/c1-19-14(18)10-6-8(2-4-11(10)15)9-3-5-12(16)13(17)7-9/h2-7,17H,1H3. The second-order valence-electron chi connectivity index (χ2n) is 3.85. The summed E-state index contributed by atoms with van der Waals surface area (Å²) in [7, 11) is 1.15. The second-order valence-corrected chi connectivity index (χ2v) is 3.85. The first-order valence-electron chi connectivity index (χ1n) is 5.39. The fourth-order valence-electron chi connectivity index (χ4n) is 1.66. The average molecular weight is 264 g/mol. The van der Waals surface area contributed by atoms with E-state index in [-0.39, 0.29) is 5.56 Å². The third-order valence-corrected chi connectivity index (χ3v) is 2.65. The van der Waals surface area contributed by atoms with Gasteiger partial charge in [0.2, 0.25) is 0 Å². The maximum absolute atomic E-state index is 13.5. The van der Waals surface area contributed by atoms with Gasteiger partial charge in [-0.25, -0.2) is 13.6 Å². The molecular weight excluding hydrogens is 254 g/mol. The molecule has 0 amide bonds. The molecule has 0 bridgehead atoms. The van der Waals surface area contributed by atoms with Crippen LogP contribution in [0.25, 0.3) is 11.1 Å². The Morgan fingerprint density at radius 1 is 1.05 bits per heavy atom. The van der Waals surface area contributed by atoms with Crippen LogP contribution in [0, 0.1) is 11.6 Å². The highest BCUT2D eigenvalue weighted by molar-refractivity contribution is 5.91. The number of esters is 1. The Labute approximate surface area is 108 Å². The quantitative estimate of drug-likeness (QED) is 0.848. The van der Waals surface area contributed by atoms with E-state index in [2.05, 4.69) is 4.74 Å². The fourth-order valence-corrected chi connectivity index (χ4v) is 1.66. The Morgan fingerprint density at radius 3 is 2.21 bits per heavy atom. The monoisotopic (exact) mass is 264 g/mol. The smallest absolute Gasteiger partial charge is 0.340 e. The van der Waals surface area contributed by atoms with E-state index in [1.165, 1.54) is 24.3 Å². The van der Waals surface area contributed by atoms with E-state index in [0.717, 1.165) is 19.2 Å². The highest BCUT2D eigenvalue weighted by Gasteiger charge is 2.14. The molecule has 0 radical (unpaired) electrons. The van der Waals surface area contributed by atoms with Gasteiger partial charge in [0.1, 0.15) is 5.82 Å². The molecular formula is C14H10F2O3. The molecule has 98 valence electrons. The van der Waals surface area contributed by atoms with Crippen molar-refractivity contribution < 1.29 is 23.4 Å². The number of carbonyl (C=O) groups excluding carboxylic acids is 1. The van der Waals surface area contributed by atoms with Crippen molar-refractivity contribution in [2.45, 2.75) is 0 Å². The van der Waals surface area contributed by atoms with Gasteiger partial charge in [0.05, 0.1) is 12.7 Å². The first-order chi connectivity index (χ1) is 9.02. The third kappa shape index (κ3) is 2.54. The minimum absolute atomic E-state index is 0.219. The van der Waals surface area contributed by atoms with Crippen LogP contribution in [0.4, 0.5) is 8.78 Å². The van der Waals surface area contributed by atoms with E-state index in [1.807, 2.05) is 0 Å². The van der Waals surface area contributed by atoms with Gasteiger partial charge in [0.25, 0.3) is 0 Å². The van der Waals surface area contributed by atoms with Gasteiger partial charge >= 0.3 is 5.97 Å². The molecule has 2 rings (SSSR count). The lowest BCUT2D eigenvalue weighted by atomic mass is 10.0. The van der Waals surface area contributed by atoms with Gasteiger partial charge in [-0.15, -0.1) is 0 Å². The summed E-state index contributed by atoms with van der Waals surface area (Å²) < 4.78 is 30.9.